The Labute approximate surface area is 118 Å². The van der Waals surface area contributed by atoms with Crippen LogP contribution in [0.25, 0.3) is 17.3 Å². The van der Waals surface area contributed by atoms with Crippen molar-refractivity contribution < 1.29 is 8.78 Å². The highest BCUT2D eigenvalue weighted by atomic mass is 19.1. The Morgan fingerprint density at radius 2 is 2.00 bits per heavy atom. The number of hydrogen-bond donors (Lipinski definition) is 1. The van der Waals surface area contributed by atoms with Crippen molar-refractivity contribution in [2.24, 2.45) is 0 Å². The molecule has 8 heteroatoms. The molecule has 0 saturated heterocycles. The van der Waals surface area contributed by atoms with E-state index in [9.17, 15) is 8.78 Å². The molecule has 0 saturated carbocycles. The van der Waals surface area contributed by atoms with E-state index < -0.39 is 11.6 Å². The molecule has 0 radical (unpaired) electrons. The monoisotopic (exact) mass is 288 g/mol. The predicted molar refractivity (Wildman–Crippen MR) is 71.8 cm³/mol. The SMILES string of the molecule is CNc1nc(-c2cc(F)ccc2F)nc(-n2ccnc2)n1. The van der Waals surface area contributed by atoms with Crippen molar-refractivity contribution >= 4 is 5.95 Å². The minimum atomic E-state index is -0.610. The first-order chi connectivity index (χ1) is 10.2. The van der Waals surface area contributed by atoms with E-state index in [1.807, 2.05) is 0 Å². The van der Waals surface area contributed by atoms with Crippen LogP contribution in [-0.2, 0) is 0 Å². The van der Waals surface area contributed by atoms with Crippen molar-refractivity contribution in [1.82, 2.24) is 24.5 Å². The Kier molecular flexibility index (Phi) is 3.27. The van der Waals surface area contributed by atoms with E-state index in [-0.39, 0.29) is 23.3 Å². The van der Waals surface area contributed by atoms with Crippen LogP contribution in [0.4, 0.5) is 14.7 Å². The first kappa shape index (κ1) is 13.1. The molecule has 3 aromatic rings. The van der Waals surface area contributed by atoms with Crippen LogP contribution in [0.3, 0.4) is 0 Å². The van der Waals surface area contributed by atoms with Crippen LogP contribution in [0.2, 0.25) is 0 Å². The third kappa shape index (κ3) is 2.55. The second-order valence-electron chi connectivity index (χ2n) is 4.13. The van der Waals surface area contributed by atoms with Crippen LogP contribution in [-0.4, -0.2) is 31.6 Å². The maximum atomic E-state index is 13.9. The molecule has 0 aliphatic rings. The van der Waals surface area contributed by atoms with Crippen LogP contribution in [0, 0.1) is 11.6 Å². The largest absolute Gasteiger partial charge is 0.357 e. The third-order valence-corrected chi connectivity index (χ3v) is 2.75. The summed E-state index contributed by atoms with van der Waals surface area (Å²) in [6, 6.07) is 3.11. The molecular weight excluding hydrogens is 278 g/mol. The molecule has 1 N–H and O–H groups in total. The molecule has 0 aliphatic heterocycles. The number of aromatic nitrogens is 5. The van der Waals surface area contributed by atoms with E-state index in [4.69, 9.17) is 0 Å². The zero-order chi connectivity index (χ0) is 14.8. The van der Waals surface area contributed by atoms with Gasteiger partial charge in [0.05, 0.1) is 5.56 Å². The van der Waals surface area contributed by atoms with E-state index in [1.165, 1.54) is 6.33 Å². The molecule has 106 valence electrons. The molecular formula is C13H10F2N6. The maximum Gasteiger partial charge on any atom is 0.240 e. The van der Waals surface area contributed by atoms with Crippen molar-refractivity contribution in [2.75, 3.05) is 12.4 Å². The van der Waals surface area contributed by atoms with Crippen LogP contribution >= 0.6 is 0 Å². The summed E-state index contributed by atoms with van der Waals surface area (Å²) in [5, 5.41) is 2.76. The summed E-state index contributed by atoms with van der Waals surface area (Å²) in [7, 11) is 1.62. The Morgan fingerprint density at radius 3 is 2.71 bits per heavy atom. The van der Waals surface area contributed by atoms with E-state index in [0.717, 1.165) is 18.2 Å². The molecule has 6 nitrogen and oxygen atoms in total. The highest BCUT2D eigenvalue weighted by Crippen LogP contribution is 2.22. The Hall–Kier alpha value is -2.90. The molecule has 21 heavy (non-hydrogen) atoms. The van der Waals surface area contributed by atoms with Gasteiger partial charge in [-0.3, -0.25) is 4.57 Å². The van der Waals surface area contributed by atoms with E-state index in [0.29, 0.717) is 0 Å². The zero-order valence-corrected chi connectivity index (χ0v) is 11.0. The highest BCUT2D eigenvalue weighted by Gasteiger charge is 2.13. The number of nitrogens with zero attached hydrogens (tertiary/aromatic N) is 5. The Morgan fingerprint density at radius 1 is 1.14 bits per heavy atom. The number of imidazole rings is 1. The summed E-state index contributed by atoms with van der Waals surface area (Å²) < 4.78 is 28.7. The van der Waals surface area contributed by atoms with Crippen LogP contribution in [0.5, 0.6) is 0 Å². The number of hydrogen-bond acceptors (Lipinski definition) is 5. The van der Waals surface area contributed by atoms with Crippen LogP contribution in [0.15, 0.2) is 36.9 Å². The van der Waals surface area contributed by atoms with Gasteiger partial charge in [0.15, 0.2) is 5.82 Å². The van der Waals surface area contributed by atoms with Gasteiger partial charge in [0, 0.05) is 19.4 Å². The minimum Gasteiger partial charge on any atom is -0.357 e. The molecule has 0 unspecified atom stereocenters. The molecule has 0 fully saturated rings. The van der Waals surface area contributed by atoms with Gasteiger partial charge in [-0.15, -0.1) is 0 Å². The smallest absolute Gasteiger partial charge is 0.240 e. The fourth-order valence-electron chi connectivity index (χ4n) is 1.76. The second kappa shape index (κ2) is 5.23. The van der Waals surface area contributed by atoms with Crippen molar-refractivity contribution in [2.45, 2.75) is 0 Å². The third-order valence-electron chi connectivity index (χ3n) is 2.75. The quantitative estimate of drug-likeness (QED) is 0.798. The number of nitrogens with one attached hydrogen (secondary N) is 1. The molecule has 0 bridgehead atoms. The van der Waals surface area contributed by atoms with Gasteiger partial charge in [0.2, 0.25) is 11.9 Å². The summed E-state index contributed by atoms with van der Waals surface area (Å²) in [6.07, 6.45) is 4.70. The zero-order valence-electron chi connectivity index (χ0n) is 11.0. The summed E-state index contributed by atoms with van der Waals surface area (Å²) in [5.74, 6) is -0.642. The normalized spacial score (nSPS) is 10.6. The second-order valence-corrected chi connectivity index (χ2v) is 4.13. The molecule has 2 aromatic heterocycles. The maximum absolute atomic E-state index is 13.9. The first-order valence-corrected chi connectivity index (χ1v) is 6.05. The minimum absolute atomic E-state index is 0.0322. The average molecular weight is 288 g/mol. The van der Waals surface area contributed by atoms with Crippen molar-refractivity contribution in [3.05, 3.63) is 48.6 Å². The Balaban J connectivity index is 2.18. The fourth-order valence-corrected chi connectivity index (χ4v) is 1.76. The number of rotatable bonds is 3. The van der Waals surface area contributed by atoms with Crippen LogP contribution in [0.1, 0.15) is 0 Å². The van der Waals surface area contributed by atoms with Gasteiger partial charge < -0.3 is 5.32 Å². The molecule has 3 rings (SSSR count). The van der Waals surface area contributed by atoms with Gasteiger partial charge in [0.25, 0.3) is 0 Å². The van der Waals surface area contributed by atoms with E-state index in [1.54, 1.807) is 24.0 Å². The standard InChI is InChI=1S/C13H10F2N6/c1-16-12-18-11(9-6-8(14)2-3-10(9)15)19-13(20-12)21-5-4-17-7-21/h2-7H,1H3,(H,16,18,19,20). The average Bonchev–Trinajstić information content (AvgIpc) is 3.03. The summed E-state index contributed by atoms with van der Waals surface area (Å²) in [5.41, 5.74) is -0.0322. The molecule has 2 heterocycles. The summed E-state index contributed by atoms with van der Waals surface area (Å²) >= 11 is 0. The van der Waals surface area contributed by atoms with Gasteiger partial charge in [0.1, 0.15) is 18.0 Å². The Bertz CT molecular complexity index is 772. The lowest BCUT2D eigenvalue weighted by molar-refractivity contribution is 0.602. The number of benzene rings is 1. The lowest BCUT2D eigenvalue weighted by atomic mass is 10.2. The molecule has 0 amide bonds. The van der Waals surface area contributed by atoms with Gasteiger partial charge in [-0.25, -0.2) is 13.8 Å². The first-order valence-electron chi connectivity index (χ1n) is 6.05. The van der Waals surface area contributed by atoms with Crippen molar-refractivity contribution in [3.8, 4) is 17.3 Å². The molecule has 1 aromatic carbocycles. The van der Waals surface area contributed by atoms with Gasteiger partial charge >= 0.3 is 0 Å². The molecule has 0 spiro atoms. The number of halogens is 2. The number of anilines is 1. The van der Waals surface area contributed by atoms with E-state index >= 15 is 0 Å². The topological polar surface area (TPSA) is 68.5 Å². The molecule has 0 aliphatic carbocycles. The highest BCUT2D eigenvalue weighted by molar-refractivity contribution is 5.57. The van der Waals surface area contributed by atoms with E-state index in [2.05, 4.69) is 25.3 Å². The molecule has 0 atom stereocenters. The lowest BCUT2D eigenvalue weighted by Crippen LogP contribution is -2.07. The lowest BCUT2D eigenvalue weighted by Gasteiger charge is -2.07. The van der Waals surface area contributed by atoms with Gasteiger partial charge in [-0.2, -0.15) is 15.0 Å². The predicted octanol–water partition coefficient (Wildman–Crippen LogP) is 2.04. The fraction of sp³-hybridized carbons (Fsp3) is 0.0769. The van der Waals surface area contributed by atoms with Crippen molar-refractivity contribution in [1.29, 1.82) is 0 Å². The summed E-state index contributed by atoms with van der Waals surface area (Å²) in [6.45, 7) is 0. The summed E-state index contributed by atoms with van der Waals surface area (Å²) in [4.78, 5) is 16.3. The van der Waals surface area contributed by atoms with Crippen molar-refractivity contribution in [3.63, 3.8) is 0 Å². The van der Waals surface area contributed by atoms with Crippen LogP contribution < -0.4 is 5.32 Å². The van der Waals surface area contributed by atoms with Gasteiger partial charge in [-0.05, 0) is 18.2 Å². The van der Waals surface area contributed by atoms with Gasteiger partial charge in [-0.1, -0.05) is 0 Å².